The Morgan fingerprint density at radius 1 is 1.24 bits per heavy atom. The van der Waals surface area contributed by atoms with E-state index in [2.05, 4.69) is 25.6 Å². The summed E-state index contributed by atoms with van der Waals surface area (Å²) in [4.78, 5) is 12.3. The van der Waals surface area contributed by atoms with Crippen LogP contribution in [0.2, 0.25) is 0 Å². The SMILES string of the molecule is Nc1cc(Nc2nc(C3CC3)cs2)nc(N)n1. The van der Waals surface area contributed by atoms with Crippen molar-refractivity contribution in [1.82, 2.24) is 15.0 Å². The average molecular weight is 248 g/mol. The molecule has 3 rings (SSSR count). The van der Waals surface area contributed by atoms with Crippen molar-refractivity contribution in [3.63, 3.8) is 0 Å². The van der Waals surface area contributed by atoms with E-state index in [9.17, 15) is 0 Å². The normalized spacial score (nSPS) is 14.8. The van der Waals surface area contributed by atoms with Gasteiger partial charge < -0.3 is 16.8 Å². The van der Waals surface area contributed by atoms with E-state index < -0.39 is 0 Å². The molecule has 0 saturated heterocycles. The van der Waals surface area contributed by atoms with Gasteiger partial charge in [-0.15, -0.1) is 11.3 Å². The Hall–Kier alpha value is -1.89. The molecule has 17 heavy (non-hydrogen) atoms. The molecule has 2 aromatic rings. The zero-order valence-corrected chi connectivity index (χ0v) is 9.87. The standard InChI is InChI=1S/C10H12N6S/c11-7-3-8(15-9(12)14-7)16-10-13-6(4-17-10)5-1-2-5/h3-5H,1-2H2,(H5,11,12,13,14,15,16). The fourth-order valence-corrected chi connectivity index (χ4v) is 2.37. The van der Waals surface area contributed by atoms with Crippen LogP contribution >= 0.6 is 11.3 Å². The van der Waals surface area contributed by atoms with Gasteiger partial charge in [-0.2, -0.15) is 9.97 Å². The number of nitrogens with zero attached hydrogens (tertiary/aromatic N) is 3. The van der Waals surface area contributed by atoms with Gasteiger partial charge in [-0.3, -0.25) is 0 Å². The highest BCUT2D eigenvalue weighted by Gasteiger charge is 2.26. The molecule has 1 aliphatic rings. The molecule has 88 valence electrons. The van der Waals surface area contributed by atoms with Gasteiger partial charge in [0.15, 0.2) is 5.13 Å². The number of thiazole rings is 1. The molecule has 0 aliphatic heterocycles. The van der Waals surface area contributed by atoms with Crippen LogP contribution in [0.15, 0.2) is 11.4 Å². The van der Waals surface area contributed by atoms with Gasteiger partial charge in [0.1, 0.15) is 11.6 Å². The van der Waals surface area contributed by atoms with Crippen LogP contribution in [0.1, 0.15) is 24.5 Å². The number of nitrogens with one attached hydrogen (secondary N) is 1. The zero-order valence-electron chi connectivity index (χ0n) is 9.05. The highest BCUT2D eigenvalue weighted by atomic mass is 32.1. The first-order valence-electron chi connectivity index (χ1n) is 5.33. The maximum absolute atomic E-state index is 5.59. The Morgan fingerprint density at radius 2 is 2.06 bits per heavy atom. The molecule has 1 aliphatic carbocycles. The molecule has 0 spiro atoms. The Labute approximate surface area is 102 Å². The molecule has 1 fully saturated rings. The van der Waals surface area contributed by atoms with Crippen LogP contribution in [0, 0.1) is 0 Å². The first-order valence-corrected chi connectivity index (χ1v) is 6.21. The van der Waals surface area contributed by atoms with Crippen molar-refractivity contribution in [3.05, 3.63) is 17.1 Å². The molecule has 0 unspecified atom stereocenters. The number of hydrogen-bond donors (Lipinski definition) is 3. The summed E-state index contributed by atoms with van der Waals surface area (Å²) in [5.74, 6) is 1.74. The van der Waals surface area contributed by atoms with Crippen LogP contribution < -0.4 is 16.8 Å². The van der Waals surface area contributed by atoms with E-state index >= 15 is 0 Å². The highest BCUT2D eigenvalue weighted by molar-refractivity contribution is 7.13. The molecule has 5 N–H and O–H groups in total. The minimum absolute atomic E-state index is 0.159. The number of nitrogens with two attached hydrogens (primary N) is 2. The topological polar surface area (TPSA) is 103 Å². The highest BCUT2D eigenvalue weighted by Crippen LogP contribution is 2.41. The third-order valence-corrected chi connectivity index (χ3v) is 3.29. The van der Waals surface area contributed by atoms with Crippen LogP contribution in [-0.4, -0.2) is 15.0 Å². The molecule has 0 aromatic carbocycles. The number of aromatic nitrogens is 3. The minimum Gasteiger partial charge on any atom is -0.383 e. The molecule has 7 heteroatoms. The summed E-state index contributed by atoms with van der Waals surface area (Å²) in [5, 5.41) is 5.97. The largest absolute Gasteiger partial charge is 0.383 e. The summed E-state index contributed by atoms with van der Waals surface area (Å²) in [6.45, 7) is 0. The molecule has 0 radical (unpaired) electrons. The lowest BCUT2D eigenvalue weighted by Gasteiger charge is -2.03. The van der Waals surface area contributed by atoms with Crippen molar-refractivity contribution in [2.24, 2.45) is 0 Å². The number of rotatable bonds is 3. The van der Waals surface area contributed by atoms with E-state index in [0.29, 0.717) is 17.6 Å². The fraction of sp³-hybridized carbons (Fsp3) is 0.300. The lowest BCUT2D eigenvalue weighted by molar-refractivity contribution is 1.05. The van der Waals surface area contributed by atoms with Gasteiger partial charge >= 0.3 is 0 Å². The van der Waals surface area contributed by atoms with Crippen LogP contribution in [0.4, 0.5) is 22.7 Å². The first kappa shape index (κ1) is 10.3. The summed E-state index contributed by atoms with van der Waals surface area (Å²) < 4.78 is 0. The second-order valence-corrected chi connectivity index (χ2v) is 4.87. The molecule has 0 amide bonds. The van der Waals surface area contributed by atoms with Crippen molar-refractivity contribution in [1.29, 1.82) is 0 Å². The Kier molecular flexibility index (Phi) is 2.32. The Balaban J connectivity index is 1.80. The predicted molar refractivity (Wildman–Crippen MR) is 68.2 cm³/mol. The van der Waals surface area contributed by atoms with Gasteiger partial charge in [-0.25, -0.2) is 4.98 Å². The smallest absolute Gasteiger partial charge is 0.223 e. The van der Waals surface area contributed by atoms with Crippen molar-refractivity contribution >= 4 is 34.1 Å². The van der Waals surface area contributed by atoms with E-state index in [4.69, 9.17) is 11.5 Å². The van der Waals surface area contributed by atoms with Crippen LogP contribution in [0.25, 0.3) is 0 Å². The van der Waals surface area contributed by atoms with Gasteiger partial charge in [0.05, 0.1) is 5.69 Å². The van der Waals surface area contributed by atoms with E-state index in [1.54, 1.807) is 17.4 Å². The molecular formula is C10H12N6S. The van der Waals surface area contributed by atoms with E-state index in [1.165, 1.54) is 12.8 Å². The molecule has 6 nitrogen and oxygen atoms in total. The number of hydrogen-bond acceptors (Lipinski definition) is 7. The molecule has 2 heterocycles. The van der Waals surface area contributed by atoms with Gasteiger partial charge in [0, 0.05) is 17.4 Å². The fourth-order valence-electron chi connectivity index (χ4n) is 1.57. The van der Waals surface area contributed by atoms with E-state index in [-0.39, 0.29) is 5.95 Å². The second-order valence-electron chi connectivity index (χ2n) is 4.01. The Bertz CT molecular complexity index is 527. The summed E-state index contributed by atoms with van der Waals surface area (Å²) >= 11 is 1.56. The monoisotopic (exact) mass is 248 g/mol. The van der Waals surface area contributed by atoms with Crippen molar-refractivity contribution in [2.75, 3.05) is 16.8 Å². The zero-order chi connectivity index (χ0) is 11.8. The third kappa shape index (κ3) is 2.28. The molecule has 0 atom stereocenters. The lowest BCUT2D eigenvalue weighted by Crippen LogP contribution is -2.02. The Morgan fingerprint density at radius 3 is 2.76 bits per heavy atom. The predicted octanol–water partition coefficient (Wildman–Crippen LogP) is 1.72. The van der Waals surface area contributed by atoms with Crippen LogP contribution in [0.3, 0.4) is 0 Å². The number of anilines is 4. The van der Waals surface area contributed by atoms with E-state index in [0.717, 1.165) is 10.8 Å². The van der Waals surface area contributed by atoms with Gasteiger partial charge in [0.2, 0.25) is 5.95 Å². The first-order chi connectivity index (χ1) is 8.20. The van der Waals surface area contributed by atoms with Crippen molar-refractivity contribution in [2.45, 2.75) is 18.8 Å². The molecule has 1 saturated carbocycles. The quantitative estimate of drug-likeness (QED) is 0.764. The molecule has 2 aromatic heterocycles. The maximum Gasteiger partial charge on any atom is 0.223 e. The van der Waals surface area contributed by atoms with Crippen molar-refractivity contribution in [3.8, 4) is 0 Å². The van der Waals surface area contributed by atoms with Gasteiger partial charge in [0.25, 0.3) is 0 Å². The van der Waals surface area contributed by atoms with Crippen molar-refractivity contribution < 1.29 is 0 Å². The maximum atomic E-state index is 5.59. The summed E-state index contributed by atoms with van der Waals surface area (Å²) in [5.41, 5.74) is 12.3. The van der Waals surface area contributed by atoms with Gasteiger partial charge in [-0.1, -0.05) is 0 Å². The molecular weight excluding hydrogens is 236 g/mol. The van der Waals surface area contributed by atoms with E-state index in [1.807, 2.05) is 0 Å². The summed E-state index contributed by atoms with van der Waals surface area (Å²) in [6.07, 6.45) is 2.49. The summed E-state index contributed by atoms with van der Waals surface area (Å²) in [7, 11) is 0. The lowest BCUT2D eigenvalue weighted by atomic mass is 10.3. The van der Waals surface area contributed by atoms with Crippen LogP contribution in [0.5, 0.6) is 0 Å². The van der Waals surface area contributed by atoms with Gasteiger partial charge in [-0.05, 0) is 12.8 Å². The average Bonchev–Trinajstić information content (AvgIpc) is 2.99. The minimum atomic E-state index is 0.159. The third-order valence-electron chi connectivity index (χ3n) is 2.52. The number of nitrogen functional groups attached to an aromatic ring is 2. The van der Waals surface area contributed by atoms with Crippen LogP contribution in [-0.2, 0) is 0 Å². The molecule has 0 bridgehead atoms. The summed E-state index contributed by atoms with van der Waals surface area (Å²) in [6, 6.07) is 1.63. The second kappa shape index (κ2) is 3.85.